The van der Waals surface area contributed by atoms with Gasteiger partial charge in [-0.25, -0.2) is 4.39 Å². The Kier molecular flexibility index (Phi) is 3.12. The van der Waals surface area contributed by atoms with Gasteiger partial charge in [-0.1, -0.05) is 17.7 Å². The molecule has 0 saturated carbocycles. The molecule has 0 aromatic heterocycles. The Bertz CT molecular complexity index is 364. The molecule has 1 atom stereocenters. The summed E-state index contributed by atoms with van der Waals surface area (Å²) in [5.41, 5.74) is 0.946. The standard InChI is InChI=1S/C11H13ClFNO/c1-15-11-7(9-3-2-6-14-9)4-5-8(13)10(11)12/h4-5,9,14H,2-3,6H2,1H3. The lowest BCUT2D eigenvalue weighted by molar-refractivity contribution is 0.400. The third kappa shape index (κ3) is 1.94. The highest BCUT2D eigenvalue weighted by Gasteiger charge is 2.22. The summed E-state index contributed by atoms with van der Waals surface area (Å²) in [7, 11) is 1.51. The fraction of sp³-hybridized carbons (Fsp3) is 0.455. The molecule has 1 heterocycles. The molecule has 0 aliphatic carbocycles. The van der Waals surface area contributed by atoms with Crippen LogP contribution in [0.25, 0.3) is 0 Å². The van der Waals surface area contributed by atoms with Crippen LogP contribution in [0.3, 0.4) is 0 Å². The van der Waals surface area contributed by atoms with Crippen LogP contribution in [0.4, 0.5) is 4.39 Å². The Labute approximate surface area is 93.4 Å². The van der Waals surface area contributed by atoms with Gasteiger partial charge in [0.15, 0.2) is 0 Å². The molecule has 4 heteroatoms. The summed E-state index contributed by atoms with van der Waals surface area (Å²) in [5, 5.41) is 3.41. The Hall–Kier alpha value is -0.800. The Morgan fingerprint density at radius 1 is 1.53 bits per heavy atom. The number of nitrogens with one attached hydrogen (secondary N) is 1. The zero-order valence-corrected chi connectivity index (χ0v) is 9.27. The molecule has 1 saturated heterocycles. The minimum atomic E-state index is -0.435. The zero-order valence-electron chi connectivity index (χ0n) is 8.52. The van der Waals surface area contributed by atoms with E-state index in [1.54, 1.807) is 6.07 Å². The first-order chi connectivity index (χ1) is 7.24. The fourth-order valence-corrected chi connectivity index (χ4v) is 2.23. The van der Waals surface area contributed by atoms with Gasteiger partial charge in [0.2, 0.25) is 0 Å². The van der Waals surface area contributed by atoms with Crippen LogP contribution in [-0.2, 0) is 0 Å². The topological polar surface area (TPSA) is 21.3 Å². The van der Waals surface area contributed by atoms with Crippen LogP contribution in [0.5, 0.6) is 5.75 Å². The van der Waals surface area contributed by atoms with Crippen molar-refractivity contribution in [3.8, 4) is 5.75 Å². The average Bonchev–Trinajstić information content (AvgIpc) is 2.75. The number of rotatable bonds is 2. The van der Waals surface area contributed by atoms with E-state index >= 15 is 0 Å². The van der Waals surface area contributed by atoms with Crippen molar-refractivity contribution in [3.63, 3.8) is 0 Å². The van der Waals surface area contributed by atoms with E-state index in [1.165, 1.54) is 13.2 Å². The van der Waals surface area contributed by atoms with Crippen molar-refractivity contribution in [2.24, 2.45) is 0 Å². The maximum Gasteiger partial charge on any atom is 0.145 e. The van der Waals surface area contributed by atoms with E-state index in [4.69, 9.17) is 16.3 Å². The van der Waals surface area contributed by atoms with E-state index in [-0.39, 0.29) is 11.1 Å². The Balaban J connectivity index is 2.41. The van der Waals surface area contributed by atoms with E-state index in [0.717, 1.165) is 24.9 Å². The molecule has 1 aliphatic heterocycles. The average molecular weight is 230 g/mol. The molecular formula is C11H13ClFNO. The van der Waals surface area contributed by atoms with Crippen LogP contribution in [0.2, 0.25) is 5.02 Å². The second kappa shape index (κ2) is 4.37. The third-order valence-electron chi connectivity index (χ3n) is 2.72. The zero-order chi connectivity index (χ0) is 10.8. The predicted octanol–water partition coefficient (Wildman–Crippen LogP) is 2.91. The van der Waals surface area contributed by atoms with Gasteiger partial charge in [-0.2, -0.15) is 0 Å². The van der Waals surface area contributed by atoms with Crippen molar-refractivity contribution in [1.29, 1.82) is 0 Å². The number of methoxy groups -OCH3 is 1. The van der Waals surface area contributed by atoms with E-state index in [0.29, 0.717) is 5.75 Å². The number of hydrogen-bond donors (Lipinski definition) is 1. The van der Waals surface area contributed by atoms with Gasteiger partial charge in [0.05, 0.1) is 7.11 Å². The van der Waals surface area contributed by atoms with Crippen molar-refractivity contribution < 1.29 is 9.13 Å². The molecule has 2 rings (SSSR count). The summed E-state index contributed by atoms with van der Waals surface area (Å²) < 4.78 is 18.4. The quantitative estimate of drug-likeness (QED) is 0.842. The summed E-state index contributed by atoms with van der Waals surface area (Å²) in [5.74, 6) is 0.0198. The van der Waals surface area contributed by atoms with Crippen molar-refractivity contribution in [2.45, 2.75) is 18.9 Å². The lowest BCUT2D eigenvalue weighted by Gasteiger charge is -2.16. The van der Waals surface area contributed by atoms with Crippen molar-refractivity contribution in [3.05, 3.63) is 28.5 Å². The third-order valence-corrected chi connectivity index (χ3v) is 3.07. The summed E-state index contributed by atoms with van der Waals surface area (Å²) in [4.78, 5) is 0. The molecule has 1 aliphatic rings. The van der Waals surface area contributed by atoms with Gasteiger partial charge in [-0.05, 0) is 25.5 Å². The molecule has 1 aromatic carbocycles. The first-order valence-corrected chi connectivity index (χ1v) is 5.37. The molecule has 2 nitrogen and oxygen atoms in total. The van der Waals surface area contributed by atoms with Crippen LogP contribution < -0.4 is 10.1 Å². The minimum Gasteiger partial charge on any atom is -0.495 e. The fourth-order valence-electron chi connectivity index (χ4n) is 1.98. The molecule has 1 fully saturated rings. The highest BCUT2D eigenvalue weighted by molar-refractivity contribution is 6.32. The van der Waals surface area contributed by atoms with Crippen LogP contribution in [0, 0.1) is 5.82 Å². The maximum absolute atomic E-state index is 13.2. The minimum absolute atomic E-state index is 0.0729. The number of benzene rings is 1. The summed E-state index contributed by atoms with van der Waals surface area (Å²) in [6.07, 6.45) is 2.17. The van der Waals surface area contributed by atoms with Crippen LogP contribution >= 0.6 is 11.6 Å². The molecule has 1 aromatic rings. The molecule has 15 heavy (non-hydrogen) atoms. The van der Waals surface area contributed by atoms with Crippen molar-refractivity contribution in [1.82, 2.24) is 5.32 Å². The molecule has 0 spiro atoms. The monoisotopic (exact) mass is 229 g/mol. The SMILES string of the molecule is COc1c(C2CCCN2)ccc(F)c1Cl. The second-order valence-corrected chi connectivity index (χ2v) is 4.01. The summed E-state index contributed by atoms with van der Waals surface area (Å²) in [6, 6.07) is 3.36. The van der Waals surface area contributed by atoms with E-state index in [9.17, 15) is 4.39 Å². The van der Waals surface area contributed by atoms with Crippen LogP contribution in [0.15, 0.2) is 12.1 Å². The molecule has 82 valence electrons. The lowest BCUT2D eigenvalue weighted by atomic mass is 10.0. The molecule has 1 unspecified atom stereocenters. The normalized spacial score (nSPS) is 20.6. The van der Waals surface area contributed by atoms with Crippen molar-refractivity contribution >= 4 is 11.6 Å². The highest BCUT2D eigenvalue weighted by atomic mass is 35.5. The Morgan fingerprint density at radius 3 is 2.93 bits per heavy atom. The molecule has 0 bridgehead atoms. The Morgan fingerprint density at radius 2 is 2.33 bits per heavy atom. The number of hydrogen-bond acceptors (Lipinski definition) is 2. The van der Waals surface area contributed by atoms with Crippen LogP contribution in [-0.4, -0.2) is 13.7 Å². The van der Waals surface area contributed by atoms with E-state index < -0.39 is 5.82 Å². The molecule has 0 amide bonds. The first-order valence-electron chi connectivity index (χ1n) is 4.99. The highest BCUT2D eigenvalue weighted by Crippen LogP contribution is 2.37. The number of ether oxygens (including phenoxy) is 1. The van der Waals surface area contributed by atoms with Gasteiger partial charge in [0.25, 0.3) is 0 Å². The number of halogens is 2. The first kappa shape index (κ1) is 10.7. The van der Waals surface area contributed by atoms with Gasteiger partial charge in [0, 0.05) is 11.6 Å². The second-order valence-electron chi connectivity index (χ2n) is 3.63. The van der Waals surface area contributed by atoms with Gasteiger partial charge >= 0.3 is 0 Å². The smallest absolute Gasteiger partial charge is 0.145 e. The lowest BCUT2D eigenvalue weighted by Crippen LogP contribution is -2.14. The van der Waals surface area contributed by atoms with Gasteiger partial charge in [-0.3, -0.25) is 0 Å². The van der Waals surface area contributed by atoms with Crippen molar-refractivity contribution in [2.75, 3.05) is 13.7 Å². The van der Waals surface area contributed by atoms with Gasteiger partial charge in [-0.15, -0.1) is 0 Å². The van der Waals surface area contributed by atoms with E-state index in [2.05, 4.69) is 5.32 Å². The van der Waals surface area contributed by atoms with Gasteiger partial charge < -0.3 is 10.1 Å². The largest absolute Gasteiger partial charge is 0.495 e. The van der Waals surface area contributed by atoms with Crippen LogP contribution in [0.1, 0.15) is 24.4 Å². The molecule has 0 radical (unpaired) electrons. The maximum atomic E-state index is 13.2. The molecule has 1 N–H and O–H groups in total. The summed E-state index contributed by atoms with van der Waals surface area (Å²) in [6.45, 7) is 0.989. The van der Waals surface area contributed by atoms with Gasteiger partial charge in [0.1, 0.15) is 16.6 Å². The molecular weight excluding hydrogens is 217 g/mol. The predicted molar refractivity (Wildman–Crippen MR) is 57.9 cm³/mol. The summed E-state index contributed by atoms with van der Waals surface area (Å²) >= 11 is 5.85. The van der Waals surface area contributed by atoms with E-state index in [1.807, 2.05) is 0 Å².